The molecule has 1 saturated carbocycles. The summed E-state index contributed by atoms with van der Waals surface area (Å²) in [5.41, 5.74) is 1.87. The second kappa shape index (κ2) is 9.90. The number of benzene rings is 1. The lowest BCUT2D eigenvalue weighted by Crippen LogP contribution is -2.65. The molecule has 0 N–H and O–H groups in total. The molecule has 5 aliphatic rings. The molecule has 0 radical (unpaired) electrons. The SMILES string of the molecule is COC(=O)C[C@H]1[C@@H]2CC3=C(C)[C@H](c4ccc(O[Si](C)(C)C(C)(C)C)cc4)C[C@@H]3O[C@@H]2[C@@H]2OC(=O)[C@]3(C)C=CC(=O)[C@@]1(C)[C@@H]23. The molecule has 3 aliphatic carbocycles. The van der Waals surface area contributed by atoms with Gasteiger partial charge in [0.2, 0.25) is 8.32 Å². The summed E-state index contributed by atoms with van der Waals surface area (Å²) in [5.74, 6) is -0.528. The number of allylic oxidation sites excluding steroid dienone is 2. The maximum atomic E-state index is 13.7. The Bertz CT molecular complexity index is 1420. The third-order valence-corrected chi connectivity index (χ3v) is 16.5. The quantitative estimate of drug-likeness (QED) is 0.214. The number of esters is 2. The number of hydrogen-bond donors (Lipinski definition) is 0. The van der Waals surface area contributed by atoms with Crippen molar-refractivity contribution in [3.63, 3.8) is 0 Å². The predicted octanol–water partition coefficient (Wildman–Crippen LogP) is 6.53. The molecule has 0 spiro atoms. The summed E-state index contributed by atoms with van der Waals surface area (Å²) in [4.78, 5) is 39.8. The van der Waals surface area contributed by atoms with Crippen molar-refractivity contribution in [2.24, 2.45) is 28.6 Å². The van der Waals surface area contributed by atoms with E-state index in [0.29, 0.717) is 6.42 Å². The van der Waals surface area contributed by atoms with Gasteiger partial charge in [-0.15, -0.1) is 0 Å². The Balaban J connectivity index is 1.33. The van der Waals surface area contributed by atoms with Crippen LogP contribution in [0.25, 0.3) is 0 Å². The second-order valence-corrected chi connectivity index (χ2v) is 20.1. The standard InChI is InChI=1S/C35H46O7Si/c1-19-22(20-10-12-21(13-11-20)42-43(8,9)33(2,3)4)17-26-23(19)16-24-25(18-28(37)39-7)35(6)27(36)14-15-34(5)31(35)30(29(24)40-26)41-32(34)38/h10-15,22,24-26,29-31H,16-18H2,1-9H3/t22-,24+,25+,26+,29+,30+,31+,34-,35+/m1/s1. The molecule has 232 valence electrons. The highest BCUT2D eigenvalue weighted by atomic mass is 28.4. The van der Waals surface area contributed by atoms with Crippen LogP contribution in [-0.4, -0.2) is 51.5 Å². The number of carbonyl (C=O) groups excluding carboxylic acids is 3. The summed E-state index contributed by atoms with van der Waals surface area (Å²) in [6, 6.07) is 8.52. The lowest BCUT2D eigenvalue weighted by Gasteiger charge is -2.58. The number of rotatable bonds is 5. The summed E-state index contributed by atoms with van der Waals surface area (Å²) in [6.07, 6.45) is 3.83. The van der Waals surface area contributed by atoms with Crippen molar-refractivity contribution in [3.05, 3.63) is 53.1 Å². The maximum absolute atomic E-state index is 13.7. The highest BCUT2D eigenvalue weighted by Crippen LogP contribution is 2.65. The van der Waals surface area contributed by atoms with E-state index in [1.165, 1.54) is 29.9 Å². The first-order valence-electron chi connectivity index (χ1n) is 15.7. The van der Waals surface area contributed by atoms with Crippen molar-refractivity contribution in [1.29, 1.82) is 0 Å². The van der Waals surface area contributed by atoms with Crippen LogP contribution in [-0.2, 0) is 28.6 Å². The molecule has 2 aliphatic heterocycles. The van der Waals surface area contributed by atoms with Gasteiger partial charge in [0.1, 0.15) is 11.9 Å². The molecule has 2 saturated heterocycles. The third kappa shape index (κ3) is 4.41. The van der Waals surface area contributed by atoms with Gasteiger partial charge < -0.3 is 18.6 Å². The molecular weight excluding hydrogens is 560 g/mol. The molecular formula is C35H46O7Si. The number of fused-ring (bicyclic) bond motifs is 3. The van der Waals surface area contributed by atoms with Crippen LogP contribution >= 0.6 is 0 Å². The lowest BCUT2D eigenvalue weighted by molar-refractivity contribution is -0.204. The first kappa shape index (κ1) is 30.3. The van der Waals surface area contributed by atoms with Crippen molar-refractivity contribution >= 4 is 26.0 Å². The monoisotopic (exact) mass is 606 g/mol. The Kier molecular flexibility index (Phi) is 6.98. The van der Waals surface area contributed by atoms with E-state index in [0.717, 1.165) is 12.2 Å². The maximum Gasteiger partial charge on any atom is 0.316 e. The summed E-state index contributed by atoms with van der Waals surface area (Å²) >= 11 is 0. The largest absolute Gasteiger partial charge is 0.544 e. The van der Waals surface area contributed by atoms with Crippen LogP contribution in [0.3, 0.4) is 0 Å². The summed E-state index contributed by atoms with van der Waals surface area (Å²) in [6.45, 7) is 17.2. The van der Waals surface area contributed by atoms with E-state index in [2.05, 4.69) is 65.1 Å². The van der Waals surface area contributed by atoms with Crippen molar-refractivity contribution in [2.75, 3.05) is 7.11 Å². The van der Waals surface area contributed by atoms with Crippen LogP contribution in [0, 0.1) is 28.6 Å². The molecule has 1 aromatic carbocycles. The second-order valence-electron chi connectivity index (χ2n) is 15.4. The van der Waals surface area contributed by atoms with E-state index >= 15 is 0 Å². The summed E-state index contributed by atoms with van der Waals surface area (Å²) < 4.78 is 24.7. The first-order valence-corrected chi connectivity index (χ1v) is 18.6. The van der Waals surface area contributed by atoms with Crippen LogP contribution in [0.2, 0.25) is 18.1 Å². The zero-order valence-electron chi connectivity index (χ0n) is 27.0. The van der Waals surface area contributed by atoms with E-state index < -0.39 is 37.3 Å². The highest BCUT2D eigenvalue weighted by Gasteiger charge is 2.73. The number of hydrogen-bond acceptors (Lipinski definition) is 7. The van der Waals surface area contributed by atoms with Gasteiger partial charge in [-0.05, 0) is 86.0 Å². The number of carbonyl (C=O) groups is 3. The van der Waals surface area contributed by atoms with Crippen LogP contribution < -0.4 is 4.43 Å². The van der Waals surface area contributed by atoms with Gasteiger partial charge in [-0.3, -0.25) is 14.4 Å². The van der Waals surface area contributed by atoms with Crippen molar-refractivity contribution < 1.29 is 33.0 Å². The molecule has 1 aromatic rings. The fraction of sp³-hybridized carbons (Fsp3) is 0.629. The number of ether oxygens (including phenoxy) is 3. The van der Waals surface area contributed by atoms with E-state index in [9.17, 15) is 14.4 Å². The minimum absolute atomic E-state index is 0.0530. The van der Waals surface area contributed by atoms with E-state index in [4.69, 9.17) is 18.6 Å². The molecule has 6 rings (SSSR count). The Morgan fingerprint density at radius 2 is 1.77 bits per heavy atom. The van der Waals surface area contributed by atoms with Gasteiger partial charge in [0.05, 0.1) is 24.7 Å². The van der Waals surface area contributed by atoms with Gasteiger partial charge in [0, 0.05) is 23.7 Å². The molecule has 9 atom stereocenters. The topological polar surface area (TPSA) is 88.1 Å². The third-order valence-electron chi connectivity index (χ3n) is 12.2. The zero-order chi connectivity index (χ0) is 31.3. The molecule has 2 heterocycles. The average Bonchev–Trinajstić information content (AvgIpc) is 3.41. The molecule has 7 nitrogen and oxygen atoms in total. The normalized spacial score (nSPS) is 38.3. The zero-order valence-corrected chi connectivity index (χ0v) is 28.0. The minimum atomic E-state index is -1.94. The number of methoxy groups -OCH3 is 1. The smallest absolute Gasteiger partial charge is 0.316 e. The fourth-order valence-corrected chi connectivity index (χ4v) is 9.67. The van der Waals surface area contributed by atoms with Gasteiger partial charge in [0.25, 0.3) is 0 Å². The van der Waals surface area contributed by atoms with E-state index in [1.807, 2.05) is 13.8 Å². The first-order chi connectivity index (χ1) is 20.0. The molecule has 0 aromatic heterocycles. The van der Waals surface area contributed by atoms with Crippen LogP contribution in [0.15, 0.2) is 47.6 Å². The molecule has 3 fully saturated rings. The van der Waals surface area contributed by atoms with Crippen molar-refractivity contribution in [2.45, 2.75) is 103 Å². The van der Waals surface area contributed by atoms with Gasteiger partial charge in [0.15, 0.2) is 5.78 Å². The van der Waals surface area contributed by atoms with E-state index in [-0.39, 0.29) is 53.0 Å². The summed E-state index contributed by atoms with van der Waals surface area (Å²) in [7, 11) is -0.559. The Morgan fingerprint density at radius 1 is 1.09 bits per heavy atom. The van der Waals surface area contributed by atoms with E-state index in [1.54, 1.807) is 6.08 Å². The van der Waals surface area contributed by atoms with Crippen LogP contribution in [0.4, 0.5) is 0 Å². The summed E-state index contributed by atoms with van der Waals surface area (Å²) in [5, 5.41) is 0.119. The van der Waals surface area contributed by atoms with Crippen LogP contribution in [0.5, 0.6) is 5.75 Å². The van der Waals surface area contributed by atoms with Gasteiger partial charge in [-0.1, -0.05) is 51.5 Å². The molecule has 0 unspecified atom stereocenters. The van der Waals surface area contributed by atoms with Gasteiger partial charge >= 0.3 is 11.9 Å². The minimum Gasteiger partial charge on any atom is -0.544 e. The Morgan fingerprint density at radius 3 is 2.40 bits per heavy atom. The van der Waals surface area contributed by atoms with Crippen molar-refractivity contribution in [3.8, 4) is 5.75 Å². The van der Waals surface area contributed by atoms with Gasteiger partial charge in [-0.2, -0.15) is 0 Å². The fourth-order valence-electron chi connectivity index (χ4n) is 8.64. The van der Waals surface area contributed by atoms with Crippen molar-refractivity contribution in [1.82, 2.24) is 0 Å². The molecule has 0 amide bonds. The highest BCUT2D eigenvalue weighted by molar-refractivity contribution is 6.74. The number of ketones is 1. The molecule has 0 bridgehead atoms. The Hall–Kier alpha value is -2.71. The molecule has 43 heavy (non-hydrogen) atoms. The predicted molar refractivity (Wildman–Crippen MR) is 165 cm³/mol. The van der Waals surface area contributed by atoms with Crippen LogP contribution in [0.1, 0.15) is 72.3 Å². The average molecular weight is 607 g/mol. The molecule has 8 heteroatoms. The lowest BCUT2D eigenvalue weighted by atomic mass is 9.45. The Labute approximate surface area is 256 Å². The van der Waals surface area contributed by atoms with Gasteiger partial charge in [-0.25, -0.2) is 0 Å².